The molecule has 2 aromatic rings. The minimum atomic E-state index is -0.421. The van der Waals surface area contributed by atoms with Gasteiger partial charge in [-0.2, -0.15) is 0 Å². The monoisotopic (exact) mass is 364 g/mol. The lowest BCUT2D eigenvalue weighted by Crippen LogP contribution is -2.15. The highest BCUT2D eigenvalue weighted by Crippen LogP contribution is 2.30. The van der Waals surface area contributed by atoms with Crippen molar-refractivity contribution < 1.29 is 9.72 Å². The Hall–Kier alpha value is -2.05. The highest BCUT2D eigenvalue weighted by molar-refractivity contribution is 8.00. The number of nitro groups is 1. The summed E-state index contributed by atoms with van der Waals surface area (Å²) in [4.78, 5) is 22.5. The van der Waals surface area contributed by atoms with Gasteiger partial charge in [0, 0.05) is 28.1 Å². The molecule has 2 aromatic carbocycles. The van der Waals surface area contributed by atoms with E-state index in [-0.39, 0.29) is 22.6 Å². The van der Waals surface area contributed by atoms with Crippen LogP contribution in [0.3, 0.4) is 0 Å². The summed E-state index contributed by atoms with van der Waals surface area (Å²) in [5.74, 6) is 0.109. The van der Waals surface area contributed by atoms with Crippen LogP contribution in [0.4, 0.5) is 11.4 Å². The van der Waals surface area contributed by atoms with Crippen LogP contribution in [0.1, 0.15) is 23.3 Å². The zero-order valence-corrected chi connectivity index (χ0v) is 14.9. The molecule has 1 atom stereocenters. The van der Waals surface area contributed by atoms with Gasteiger partial charge in [-0.25, -0.2) is 0 Å². The fraction of sp³-hybridized carbons (Fsp3) is 0.235. The number of thioether (sulfide) groups is 1. The SMILES string of the molecule is Cc1ccc(Cl)cc1NC(=O)CS[C@H](C)c1cccc([N+](=O)[O-])c1. The fourth-order valence-corrected chi connectivity index (χ4v) is 3.09. The van der Waals surface area contributed by atoms with Gasteiger partial charge in [-0.05, 0) is 37.1 Å². The first-order valence-corrected chi connectivity index (χ1v) is 8.71. The molecule has 0 aromatic heterocycles. The van der Waals surface area contributed by atoms with Gasteiger partial charge < -0.3 is 5.32 Å². The molecule has 0 spiro atoms. The van der Waals surface area contributed by atoms with Crippen LogP contribution >= 0.6 is 23.4 Å². The van der Waals surface area contributed by atoms with E-state index in [0.29, 0.717) is 10.7 Å². The molecule has 126 valence electrons. The van der Waals surface area contributed by atoms with Crippen molar-refractivity contribution in [2.45, 2.75) is 19.1 Å². The van der Waals surface area contributed by atoms with Gasteiger partial charge in [0.2, 0.25) is 5.91 Å². The Morgan fingerprint density at radius 2 is 2.08 bits per heavy atom. The maximum absolute atomic E-state index is 12.1. The van der Waals surface area contributed by atoms with E-state index in [1.165, 1.54) is 23.9 Å². The summed E-state index contributed by atoms with van der Waals surface area (Å²) in [6, 6.07) is 11.8. The third-order valence-electron chi connectivity index (χ3n) is 3.49. The predicted molar refractivity (Wildman–Crippen MR) is 98.8 cm³/mol. The highest BCUT2D eigenvalue weighted by Gasteiger charge is 2.13. The van der Waals surface area contributed by atoms with Gasteiger partial charge in [-0.1, -0.05) is 29.8 Å². The van der Waals surface area contributed by atoms with E-state index in [9.17, 15) is 14.9 Å². The third kappa shape index (κ3) is 4.97. The van der Waals surface area contributed by atoms with Crippen molar-refractivity contribution in [1.82, 2.24) is 0 Å². The number of carbonyl (C=O) groups excluding carboxylic acids is 1. The van der Waals surface area contributed by atoms with Gasteiger partial charge in [0.1, 0.15) is 0 Å². The van der Waals surface area contributed by atoms with E-state index in [4.69, 9.17) is 11.6 Å². The molecule has 0 aliphatic carbocycles. The Labute approximate surface area is 149 Å². The smallest absolute Gasteiger partial charge is 0.269 e. The third-order valence-corrected chi connectivity index (χ3v) is 4.92. The van der Waals surface area contributed by atoms with Crippen molar-refractivity contribution in [3.63, 3.8) is 0 Å². The Balaban J connectivity index is 1.95. The number of aryl methyl sites for hydroxylation is 1. The molecule has 0 aliphatic heterocycles. The number of halogens is 1. The van der Waals surface area contributed by atoms with Crippen LogP contribution in [0, 0.1) is 17.0 Å². The quantitative estimate of drug-likeness (QED) is 0.579. The van der Waals surface area contributed by atoms with Crippen LogP contribution in [0.2, 0.25) is 5.02 Å². The minimum Gasteiger partial charge on any atom is -0.325 e. The van der Waals surface area contributed by atoms with Gasteiger partial charge in [-0.15, -0.1) is 11.8 Å². The number of anilines is 1. The Morgan fingerprint density at radius 3 is 2.79 bits per heavy atom. The number of hydrogen-bond acceptors (Lipinski definition) is 4. The molecule has 2 rings (SSSR count). The molecule has 0 saturated carbocycles. The zero-order chi connectivity index (χ0) is 17.7. The Morgan fingerprint density at radius 1 is 1.33 bits per heavy atom. The van der Waals surface area contributed by atoms with Crippen LogP contribution in [-0.4, -0.2) is 16.6 Å². The van der Waals surface area contributed by atoms with E-state index in [1.54, 1.807) is 18.2 Å². The summed E-state index contributed by atoms with van der Waals surface area (Å²) in [7, 11) is 0. The van der Waals surface area contributed by atoms with Gasteiger partial charge in [0.15, 0.2) is 0 Å². The lowest BCUT2D eigenvalue weighted by Gasteiger charge is -2.12. The van der Waals surface area contributed by atoms with Crippen LogP contribution in [0.15, 0.2) is 42.5 Å². The second-order valence-electron chi connectivity index (χ2n) is 5.31. The second kappa shape index (κ2) is 8.17. The molecule has 0 radical (unpaired) electrons. The molecule has 1 N–H and O–H groups in total. The summed E-state index contributed by atoms with van der Waals surface area (Å²) in [5, 5.41) is 14.2. The molecule has 0 fully saturated rings. The van der Waals surface area contributed by atoms with Crippen LogP contribution in [-0.2, 0) is 4.79 Å². The van der Waals surface area contributed by atoms with E-state index < -0.39 is 4.92 Å². The Kier molecular flexibility index (Phi) is 6.23. The number of benzene rings is 2. The minimum absolute atomic E-state index is 0.0314. The number of nitrogens with zero attached hydrogens (tertiary/aromatic N) is 1. The maximum Gasteiger partial charge on any atom is 0.269 e. The van der Waals surface area contributed by atoms with Crippen molar-refractivity contribution >= 4 is 40.6 Å². The topological polar surface area (TPSA) is 72.2 Å². The van der Waals surface area contributed by atoms with Crippen molar-refractivity contribution in [2.75, 3.05) is 11.1 Å². The van der Waals surface area contributed by atoms with E-state index in [0.717, 1.165) is 11.1 Å². The molecule has 0 unspecified atom stereocenters. The largest absolute Gasteiger partial charge is 0.325 e. The predicted octanol–water partition coefficient (Wildman–Crippen LogP) is 4.99. The average molecular weight is 365 g/mol. The number of amides is 1. The fourth-order valence-electron chi connectivity index (χ4n) is 2.10. The molecule has 5 nitrogen and oxygen atoms in total. The van der Waals surface area contributed by atoms with Crippen LogP contribution in [0.5, 0.6) is 0 Å². The first kappa shape index (κ1) is 18.3. The molecule has 0 bridgehead atoms. The lowest BCUT2D eigenvalue weighted by molar-refractivity contribution is -0.384. The molecule has 1 amide bonds. The van der Waals surface area contributed by atoms with Crippen LogP contribution in [0.25, 0.3) is 0 Å². The number of non-ortho nitro benzene ring substituents is 1. The number of nitro benzene ring substituents is 1. The first-order valence-electron chi connectivity index (χ1n) is 7.29. The first-order chi connectivity index (χ1) is 11.4. The standard InChI is InChI=1S/C17H17ClN2O3S/c1-11-6-7-14(18)9-16(11)19-17(21)10-24-12(2)13-4-3-5-15(8-13)20(22)23/h3-9,12H,10H2,1-2H3,(H,19,21)/t12-/m1/s1. The zero-order valence-electron chi connectivity index (χ0n) is 13.3. The summed E-state index contributed by atoms with van der Waals surface area (Å²) < 4.78 is 0. The molecule has 0 saturated heterocycles. The number of carbonyl (C=O) groups is 1. The molecule has 0 heterocycles. The van der Waals surface area contributed by atoms with E-state index >= 15 is 0 Å². The van der Waals surface area contributed by atoms with Crippen molar-refractivity contribution in [3.05, 3.63) is 68.7 Å². The normalized spacial score (nSPS) is 11.8. The number of nitrogens with one attached hydrogen (secondary N) is 1. The molecular formula is C17H17ClN2O3S. The van der Waals surface area contributed by atoms with Crippen molar-refractivity contribution in [2.24, 2.45) is 0 Å². The Bertz CT molecular complexity index is 767. The highest BCUT2D eigenvalue weighted by atomic mass is 35.5. The van der Waals surface area contributed by atoms with Crippen molar-refractivity contribution in [3.8, 4) is 0 Å². The van der Waals surface area contributed by atoms with Crippen LogP contribution < -0.4 is 5.32 Å². The maximum atomic E-state index is 12.1. The summed E-state index contributed by atoms with van der Waals surface area (Å²) in [6.07, 6.45) is 0. The van der Waals surface area contributed by atoms with E-state index in [1.807, 2.05) is 26.0 Å². The number of hydrogen-bond donors (Lipinski definition) is 1. The number of rotatable bonds is 6. The van der Waals surface area contributed by atoms with Gasteiger partial charge in [0.25, 0.3) is 5.69 Å². The molecular weight excluding hydrogens is 348 g/mol. The summed E-state index contributed by atoms with van der Waals surface area (Å²) in [5.41, 5.74) is 2.50. The van der Waals surface area contributed by atoms with E-state index in [2.05, 4.69) is 5.32 Å². The van der Waals surface area contributed by atoms with Gasteiger partial charge >= 0.3 is 0 Å². The van der Waals surface area contributed by atoms with Gasteiger partial charge in [0.05, 0.1) is 10.7 Å². The molecule has 0 aliphatic rings. The molecule has 7 heteroatoms. The molecule has 24 heavy (non-hydrogen) atoms. The summed E-state index contributed by atoms with van der Waals surface area (Å²) >= 11 is 7.36. The van der Waals surface area contributed by atoms with Gasteiger partial charge in [-0.3, -0.25) is 14.9 Å². The second-order valence-corrected chi connectivity index (χ2v) is 7.08. The average Bonchev–Trinajstić information content (AvgIpc) is 2.56. The summed E-state index contributed by atoms with van der Waals surface area (Å²) in [6.45, 7) is 3.81. The lowest BCUT2D eigenvalue weighted by atomic mass is 10.1. The van der Waals surface area contributed by atoms with Crippen molar-refractivity contribution in [1.29, 1.82) is 0 Å².